The second kappa shape index (κ2) is 8.62. The van der Waals surface area contributed by atoms with E-state index in [0.717, 1.165) is 0 Å². The summed E-state index contributed by atoms with van der Waals surface area (Å²) in [6, 6.07) is 15.1. The standard InChI is InChI=1S/C19H14Cl2N4O2/c1-27-17-11-13(24-25-18-4-2-3-9-22-18)6-8-16(17)23-19(26)14-7-5-12(20)10-15(14)21/h2-11H,1H3,(H,23,26)/b25-24+. The number of benzene rings is 2. The molecule has 3 rings (SSSR count). The van der Waals surface area contributed by atoms with Crippen molar-refractivity contribution in [1.29, 1.82) is 0 Å². The van der Waals surface area contributed by atoms with Gasteiger partial charge in [0.1, 0.15) is 5.75 Å². The smallest absolute Gasteiger partial charge is 0.257 e. The molecule has 136 valence electrons. The van der Waals surface area contributed by atoms with Crippen LogP contribution in [0.5, 0.6) is 5.75 Å². The maximum Gasteiger partial charge on any atom is 0.257 e. The SMILES string of the molecule is COc1cc(/N=N/c2ccccn2)ccc1NC(=O)c1ccc(Cl)cc1Cl. The number of pyridine rings is 1. The van der Waals surface area contributed by atoms with Crippen LogP contribution >= 0.6 is 23.2 Å². The summed E-state index contributed by atoms with van der Waals surface area (Å²) in [5.41, 5.74) is 1.34. The maximum absolute atomic E-state index is 12.5. The summed E-state index contributed by atoms with van der Waals surface area (Å²) in [5.74, 6) is 0.551. The predicted octanol–water partition coefficient (Wildman–Crippen LogP) is 6.06. The summed E-state index contributed by atoms with van der Waals surface area (Å²) >= 11 is 11.9. The third kappa shape index (κ3) is 4.81. The van der Waals surface area contributed by atoms with Crippen LogP contribution in [0.1, 0.15) is 10.4 Å². The number of amides is 1. The van der Waals surface area contributed by atoms with Crippen LogP contribution in [0, 0.1) is 0 Å². The normalized spacial score (nSPS) is 10.8. The van der Waals surface area contributed by atoms with E-state index in [0.29, 0.717) is 33.5 Å². The summed E-state index contributed by atoms with van der Waals surface area (Å²) in [4.78, 5) is 16.5. The van der Waals surface area contributed by atoms with Gasteiger partial charge in [0.25, 0.3) is 5.91 Å². The Morgan fingerprint density at radius 1 is 1.07 bits per heavy atom. The average molecular weight is 401 g/mol. The number of anilines is 1. The van der Waals surface area contributed by atoms with E-state index in [2.05, 4.69) is 20.5 Å². The Morgan fingerprint density at radius 2 is 1.93 bits per heavy atom. The number of halogens is 2. The van der Waals surface area contributed by atoms with Crippen LogP contribution < -0.4 is 10.1 Å². The molecule has 1 amide bonds. The second-order valence-electron chi connectivity index (χ2n) is 5.35. The zero-order chi connectivity index (χ0) is 19.2. The lowest BCUT2D eigenvalue weighted by atomic mass is 10.2. The lowest BCUT2D eigenvalue weighted by Crippen LogP contribution is -2.13. The van der Waals surface area contributed by atoms with E-state index in [9.17, 15) is 4.79 Å². The van der Waals surface area contributed by atoms with Gasteiger partial charge in [0.05, 0.1) is 29.1 Å². The zero-order valence-electron chi connectivity index (χ0n) is 14.2. The predicted molar refractivity (Wildman–Crippen MR) is 106 cm³/mol. The monoisotopic (exact) mass is 400 g/mol. The van der Waals surface area contributed by atoms with E-state index >= 15 is 0 Å². The van der Waals surface area contributed by atoms with Crippen molar-refractivity contribution in [1.82, 2.24) is 4.98 Å². The number of hydrogen-bond acceptors (Lipinski definition) is 5. The van der Waals surface area contributed by atoms with Crippen molar-refractivity contribution >= 4 is 46.3 Å². The molecule has 1 N–H and O–H groups in total. The first-order chi connectivity index (χ1) is 13.1. The van der Waals surface area contributed by atoms with E-state index in [4.69, 9.17) is 27.9 Å². The summed E-state index contributed by atoms with van der Waals surface area (Å²) < 4.78 is 5.34. The Balaban J connectivity index is 1.80. The molecular weight excluding hydrogens is 387 g/mol. The molecule has 2 aromatic carbocycles. The lowest BCUT2D eigenvalue weighted by Gasteiger charge is -2.11. The number of carbonyl (C=O) groups excluding carboxylic acids is 1. The molecule has 0 spiro atoms. The zero-order valence-corrected chi connectivity index (χ0v) is 15.7. The van der Waals surface area contributed by atoms with E-state index in [-0.39, 0.29) is 10.9 Å². The Bertz CT molecular complexity index is 994. The van der Waals surface area contributed by atoms with E-state index in [1.54, 1.807) is 48.7 Å². The first-order valence-electron chi connectivity index (χ1n) is 7.84. The quantitative estimate of drug-likeness (QED) is 0.528. The molecule has 0 fully saturated rings. The van der Waals surface area contributed by atoms with Crippen LogP contribution in [0.4, 0.5) is 17.2 Å². The molecule has 27 heavy (non-hydrogen) atoms. The molecule has 1 aromatic heterocycles. The number of aromatic nitrogens is 1. The van der Waals surface area contributed by atoms with Crippen LogP contribution in [-0.2, 0) is 0 Å². The minimum Gasteiger partial charge on any atom is -0.494 e. The molecule has 0 unspecified atom stereocenters. The van der Waals surface area contributed by atoms with Crippen molar-refractivity contribution in [2.45, 2.75) is 0 Å². The van der Waals surface area contributed by atoms with E-state index in [1.807, 2.05) is 6.07 Å². The van der Waals surface area contributed by atoms with Crippen LogP contribution in [0.3, 0.4) is 0 Å². The Hall–Kier alpha value is -2.96. The average Bonchev–Trinajstić information content (AvgIpc) is 2.67. The molecule has 6 nitrogen and oxygen atoms in total. The van der Waals surface area contributed by atoms with Crippen LogP contribution in [-0.4, -0.2) is 18.0 Å². The third-order valence-electron chi connectivity index (χ3n) is 3.53. The van der Waals surface area contributed by atoms with Crippen LogP contribution in [0.2, 0.25) is 10.0 Å². The highest BCUT2D eigenvalue weighted by atomic mass is 35.5. The number of nitrogens with one attached hydrogen (secondary N) is 1. The van der Waals surface area contributed by atoms with Gasteiger partial charge in [0.15, 0.2) is 5.82 Å². The van der Waals surface area contributed by atoms with Crippen molar-refractivity contribution < 1.29 is 9.53 Å². The first kappa shape index (κ1) is 18.8. The molecule has 0 aliphatic carbocycles. The molecule has 0 radical (unpaired) electrons. The number of azo groups is 1. The maximum atomic E-state index is 12.5. The van der Waals surface area contributed by atoms with Gasteiger partial charge >= 0.3 is 0 Å². The lowest BCUT2D eigenvalue weighted by molar-refractivity contribution is 0.102. The molecule has 0 saturated carbocycles. The third-order valence-corrected chi connectivity index (χ3v) is 4.07. The van der Waals surface area contributed by atoms with Gasteiger partial charge in [0, 0.05) is 17.3 Å². The Morgan fingerprint density at radius 3 is 2.63 bits per heavy atom. The number of nitrogens with zero attached hydrogens (tertiary/aromatic N) is 3. The summed E-state index contributed by atoms with van der Waals surface area (Å²) in [7, 11) is 1.50. The molecular formula is C19H14Cl2N4O2. The topological polar surface area (TPSA) is 75.9 Å². The van der Waals surface area contributed by atoms with Crippen molar-refractivity contribution in [3.8, 4) is 5.75 Å². The van der Waals surface area contributed by atoms with Gasteiger partial charge < -0.3 is 10.1 Å². The molecule has 8 heteroatoms. The largest absolute Gasteiger partial charge is 0.494 e. The van der Waals surface area contributed by atoms with Crippen molar-refractivity contribution in [2.75, 3.05) is 12.4 Å². The molecule has 1 heterocycles. The van der Waals surface area contributed by atoms with Gasteiger partial charge in [-0.2, -0.15) is 0 Å². The summed E-state index contributed by atoms with van der Waals surface area (Å²) in [6.45, 7) is 0. The molecule has 0 aliphatic rings. The molecule has 3 aromatic rings. The van der Waals surface area contributed by atoms with Crippen LogP contribution in [0.15, 0.2) is 71.0 Å². The van der Waals surface area contributed by atoms with Crippen molar-refractivity contribution in [3.05, 3.63) is 76.4 Å². The number of methoxy groups -OCH3 is 1. The van der Waals surface area contributed by atoms with Crippen LogP contribution in [0.25, 0.3) is 0 Å². The highest BCUT2D eigenvalue weighted by Crippen LogP contribution is 2.31. The van der Waals surface area contributed by atoms with E-state index in [1.165, 1.54) is 13.2 Å². The number of carbonyl (C=O) groups is 1. The number of ether oxygens (including phenoxy) is 1. The summed E-state index contributed by atoms with van der Waals surface area (Å²) in [6.07, 6.45) is 1.63. The van der Waals surface area contributed by atoms with Gasteiger partial charge in [-0.1, -0.05) is 29.3 Å². The number of rotatable bonds is 5. The second-order valence-corrected chi connectivity index (χ2v) is 6.19. The minimum absolute atomic E-state index is 0.264. The van der Waals surface area contributed by atoms with E-state index < -0.39 is 0 Å². The fraction of sp³-hybridized carbons (Fsp3) is 0.0526. The Kier molecular flexibility index (Phi) is 6.01. The minimum atomic E-state index is -0.377. The van der Waals surface area contributed by atoms with Gasteiger partial charge in [-0.3, -0.25) is 4.79 Å². The van der Waals surface area contributed by atoms with Crippen molar-refractivity contribution in [2.24, 2.45) is 10.2 Å². The molecule has 0 saturated heterocycles. The highest BCUT2D eigenvalue weighted by Gasteiger charge is 2.14. The Labute approximate surface area is 165 Å². The molecule has 0 atom stereocenters. The summed E-state index contributed by atoms with van der Waals surface area (Å²) in [5, 5.41) is 11.7. The van der Waals surface area contributed by atoms with Gasteiger partial charge in [-0.15, -0.1) is 10.2 Å². The fourth-order valence-corrected chi connectivity index (χ4v) is 2.72. The van der Waals surface area contributed by atoms with Gasteiger partial charge in [-0.25, -0.2) is 4.98 Å². The van der Waals surface area contributed by atoms with Crippen molar-refractivity contribution in [3.63, 3.8) is 0 Å². The molecule has 0 aliphatic heterocycles. The van der Waals surface area contributed by atoms with Gasteiger partial charge in [0.2, 0.25) is 0 Å². The first-order valence-corrected chi connectivity index (χ1v) is 8.59. The highest BCUT2D eigenvalue weighted by molar-refractivity contribution is 6.37. The fourth-order valence-electron chi connectivity index (χ4n) is 2.23. The number of hydrogen-bond donors (Lipinski definition) is 1. The van der Waals surface area contributed by atoms with Gasteiger partial charge in [-0.05, 0) is 42.5 Å². The molecule has 0 bridgehead atoms.